The van der Waals surface area contributed by atoms with Crippen molar-refractivity contribution in [3.05, 3.63) is 23.3 Å². The molecule has 0 radical (unpaired) electrons. The van der Waals surface area contributed by atoms with Crippen LogP contribution in [-0.4, -0.2) is 66.0 Å². The molecule has 0 aliphatic heterocycles. The Bertz CT molecular complexity index is 901. The van der Waals surface area contributed by atoms with Crippen molar-refractivity contribution in [2.75, 3.05) is 0 Å². The molecule has 0 heterocycles. The molecule has 0 aromatic carbocycles. The molecule has 2 fully saturated rings. The summed E-state index contributed by atoms with van der Waals surface area (Å²) in [7, 11) is 0. The van der Waals surface area contributed by atoms with Crippen LogP contribution in [0.4, 0.5) is 0 Å². The fourth-order valence-electron chi connectivity index (χ4n) is 7.82. The molecule has 0 spiro atoms. The molecule has 2 saturated carbocycles. The predicted molar refractivity (Wildman–Crippen MR) is 129 cm³/mol. The minimum atomic E-state index is -1.33. The minimum absolute atomic E-state index is 0.126. The zero-order valence-corrected chi connectivity index (χ0v) is 21.2. The van der Waals surface area contributed by atoms with Gasteiger partial charge in [0.1, 0.15) is 0 Å². The van der Waals surface area contributed by atoms with E-state index < -0.39 is 29.5 Å². The lowest BCUT2D eigenvalue weighted by atomic mass is 9.47. The van der Waals surface area contributed by atoms with Crippen LogP contribution < -0.4 is 0 Å². The van der Waals surface area contributed by atoms with Crippen molar-refractivity contribution < 1.29 is 30.7 Å². The van der Waals surface area contributed by atoms with E-state index in [9.17, 15) is 30.7 Å². The third kappa shape index (κ3) is 3.97. The lowest BCUT2D eigenvalue weighted by molar-refractivity contribution is -0.134. The smallest absolute Gasteiger partial charge is 0.0916 e. The van der Waals surface area contributed by atoms with Gasteiger partial charge in [-0.2, -0.15) is 0 Å². The van der Waals surface area contributed by atoms with Gasteiger partial charge in [0.15, 0.2) is 0 Å². The highest BCUT2D eigenvalue weighted by molar-refractivity contribution is 5.99. The zero-order valence-electron chi connectivity index (χ0n) is 21.2. The van der Waals surface area contributed by atoms with E-state index in [2.05, 4.69) is 25.1 Å². The van der Waals surface area contributed by atoms with E-state index in [-0.39, 0.29) is 28.6 Å². The van der Waals surface area contributed by atoms with Crippen LogP contribution >= 0.6 is 0 Å². The highest BCUT2D eigenvalue weighted by atomic mass is 16.4. The van der Waals surface area contributed by atoms with Gasteiger partial charge in [-0.15, -0.1) is 0 Å². The molecule has 7 nitrogen and oxygen atoms in total. The summed E-state index contributed by atoms with van der Waals surface area (Å²) < 4.78 is 0. The maximum absolute atomic E-state index is 11.6. The van der Waals surface area contributed by atoms with Crippen LogP contribution in [0.5, 0.6) is 0 Å². The van der Waals surface area contributed by atoms with E-state index >= 15 is 0 Å². The number of fused-ring (bicyclic) bond motifs is 5. The molecule has 9 atom stereocenters. The molecule has 0 unspecified atom stereocenters. The lowest BCUT2D eigenvalue weighted by Gasteiger charge is -2.57. The number of hydrogen-bond acceptors (Lipinski definition) is 7. The van der Waals surface area contributed by atoms with Crippen molar-refractivity contribution in [3.63, 3.8) is 0 Å². The lowest BCUT2D eigenvalue weighted by Crippen LogP contribution is -2.56. The Morgan fingerprint density at radius 2 is 1.79 bits per heavy atom. The molecule has 0 amide bonds. The van der Waals surface area contributed by atoms with E-state index in [0.29, 0.717) is 37.8 Å². The number of nitrogens with zero attached hydrogens (tertiary/aromatic N) is 1. The van der Waals surface area contributed by atoms with Crippen LogP contribution in [0.1, 0.15) is 79.6 Å². The highest BCUT2D eigenvalue weighted by Crippen LogP contribution is 2.65. The van der Waals surface area contributed by atoms with Crippen molar-refractivity contribution in [3.8, 4) is 0 Å². The van der Waals surface area contributed by atoms with Crippen molar-refractivity contribution in [2.24, 2.45) is 33.7 Å². The Balaban J connectivity index is 1.65. The first-order valence-corrected chi connectivity index (χ1v) is 12.8. The summed E-state index contributed by atoms with van der Waals surface area (Å²) in [6.07, 6.45) is 5.41. The van der Waals surface area contributed by atoms with Crippen LogP contribution in [-0.2, 0) is 0 Å². The van der Waals surface area contributed by atoms with E-state index in [4.69, 9.17) is 0 Å². The number of hydrogen-bond donors (Lipinski definition) is 6. The zero-order chi connectivity index (χ0) is 25.3. The molecule has 192 valence electrons. The van der Waals surface area contributed by atoms with E-state index in [0.717, 1.165) is 24.0 Å². The average molecular weight is 478 g/mol. The maximum Gasteiger partial charge on any atom is 0.0916 e. The van der Waals surface area contributed by atoms with Gasteiger partial charge in [0.2, 0.25) is 0 Å². The van der Waals surface area contributed by atoms with Gasteiger partial charge in [0, 0.05) is 11.8 Å². The van der Waals surface area contributed by atoms with E-state index in [1.54, 1.807) is 20.8 Å². The first-order valence-electron chi connectivity index (χ1n) is 12.8. The van der Waals surface area contributed by atoms with Crippen molar-refractivity contribution in [2.45, 2.75) is 109 Å². The molecular formula is C27H43NO6. The number of aliphatic hydroxyl groups is 5. The fourth-order valence-corrected chi connectivity index (χ4v) is 7.82. The van der Waals surface area contributed by atoms with E-state index in [1.165, 1.54) is 0 Å². The summed E-state index contributed by atoms with van der Waals surface area (Å²) >= 11 is 0. The standard InChI is InChI=1S/C27H43NO6/c1-24(2,32)10-9-23(31)27(5,33)22-7-6-16-15-12-19(28-34)18-13-20(29)21(30)14-26(18,4)17(15)8-11-25(16,22)3/h6,12,17-18,20-23,29-34H,7-11,13-14H2,1-5H3/b28-19-/t17-,18-,20+,21-,22-,23+,25-,26+,27+/m0/s1. The van der Waals surface area contributed by atoms with Gasteiger partial charge in [0.05, 0.1) is 35.2 Å². The number of aliphatic hydroxyl groups excluding tert-OH is 3. The molecule has 6 N–H and O–H groups in total. The average Bonchev–Trinajstić information content (AvgIpc) is 3.10. The maximum atomic E-state index is 11.6. The Labute approximate surface area is 202 Å². The molecule has 4 aliphatic rings. The second-order valence-electron chi connectivity index (χ2n) is 12.8. The summed E-state index contributed by atoms with van der Waals surface area (Å²) in [6.45, 7) is 9.43. The quantitative estimate of drug-likeness (QED) is 0.266. The molecule has 7 heteroatoms. The Hall–Kier alpha value is -1.25. The van der Waals surface area contributed by atoms with Crippen LogP contribution in [0.2, 0.25) is 0 Å². The first-order chi connectivity index (χ1) is 15.6. The fraction of sp³-hybridized carbons (Fsp3) is 0.815. The van der Waals surface area contributed by atoms with Gasteiger partial charge < -0.3 is 30.7 Å². The normalized spacial score (nSPS) is 43.8. The second kappa shape index (κ2) is 8.41. The topological polar surface area (TPSA) is 134 Å². The Morgan fingerprint density at radius 3 is 2.41 bits per heavy atom. The number of rotatable bonds is 5. The molecule has 0 saturated heterocycles. The van der Waals surface area contributed by atoms with Crippen molar-refractivity contribution in [1.82, 2.24) is 0 Å². The van der Waals surface area contributed by atoms with Gasteiger partial charge in [-0.25, -0.2) is 0 Å². The largest absolute Gasteiger partial charge is 0.411 e. The molecular weight excluding hydrogens is 434 g/mol. The minimum Gasteiger partial charge on any atom is -0.411 e. The van der Waals surface area contributed by atoms with Crippen LogP contribution in [0, 0.1) is 28.6 Å². The van der Waals surface area contributed by atoms with Gasteiger partial charge in [0.25, 0.3) is 0 Å². The Morgan fingerprint density at radius 1 is 1.12 bits per heavy atom. The molecule has 4 rings (SSSR count). The summed E-state index contributed by atoms with van der Waals surface area (Å²) in [5.41, 5.74) is -0.123. The summed E-state index contributed by atoms with van der Waals surface area (Å²) in [6, 6.07) is 0. The number of oxime groups is 1. The first kappa shape index (κ1) is 25.8. The van der Waals surface area contributed by atoms with E-state index in [1.807, 2.05) is 6.08 Å². The van der Waals surface area contributed by atoms with Crippen LogP contribution in [0.3, 0.4) is 0 Å². The number of allylic oxidation sites excluding steroid dienone is 4. The summed E-state index contributed by atoms with van der Waals surface area (Å²) in [4.78, 5) is 0. The molecule has 34 heavy (non-hydrogen) atoms. The second-order valence-corrected chi connectivity index (χ2v) is 12.8. The van der Waals surface area contributed by atoms with Gasteiger partial charge in [-0.05, 0) is 99.7 Å². The predicted octanol–water partition coefficient (Wildman–Crippen LogP) is 2.92. The van der Waals surface area contributed by atoms with Crippen LogP contribution in [0.15, 0.2) is 28.5 Å². The third-order valence-corrected chi connectivity index (χ3v) is 9.93. The molecule has 0 bridgehead atoms. The third-order valence-electron chi connectivity index (χ3n) is 9.93. The SMILES string of the molecule is CC(C)(O)CC[C@@H](O)[C@](C)(O)[C@H]1CC=C2C3=C/C(=N/O)[C@@H]4C[C@@H](O)[C@@H](O)C[C@]4(C)[C@H]3CC[C@@]21C. The van der Waals surface area contributed by atoms with Gasteiger partial charge >= 0.3 is 0 Å². The van der Waals surface area contributed by atoms with Gasteiger partial charge in [-0.1, -0.05) is 25.1 Å². The van der Waals surface area contributed by atoms with Gasteiger partial charge in [-0.3, -0.25) is 0 Å². The molecule has 0 aromatic heterocycles. The summed E-state index contributed by atoms with van der Waals surface area (Å²) in [5, 5.41) is 66.9. The van der Waals surface area contributed by atoms with Crippen molar-refractivity contribution >= 4 is 5.71 Å². The monoisotopic (exact) mass is 477 g/mol. The highest BCUT2D eigenvalue weighted by Gasteiger charge is 2.60. The summed E-state index contributed by atoms with van der Waals surface area (Å²) in [5.74, 6) is -0.153. The van der Waals surface area contributed by atoms with Crippen LogP contribution in [0.25, 0.3) is 0 Å². The van der Waals surface area contributed by atoms with Crippen molar-refractivity contribution in [1.29, 1.82) is 0 Å². The molecule has 0 aromatic rings. The molecule has 4 aliphatic carbocycles. The Kier molecular flexibility index (Phi) is 6.39.